The molecule has 21 heteroatoms. The number of carboxylic acids is 1. The van der Waals surface area contributed by atoms with E-state index in [1.54, 1.807) is 0 Å². The number of hydrogen-bond acceptors (Lipinski definition) is 10. The van der Waals surface area contributed by atoms with Gasteiger partial charge in [-0.25, -0.2) is 14.0 Å². The Kier molecular flexibility index (Phi) is 10.1. The standard InChI is InChI=1S/C29H26BClFN4O13P/c31-20-15(10-18(32)22(37)23(20)38)12-35-8-9-36(27(41)26(35)40)29(44)34-21(13-4-6-16(7-5-13)50(46,47)48)25(39)33-19-11-14-2-1-3-17(28(42)43)24(14)49-30(19)45/h1-7,10,19,21,37-38,45H,8-9,11-12H2,(H,33,39)(H,34,44)(H,42,43)(H2,46,47,48)/t19-,21+/m0/s1. The zero-order chi connectivity index (χ0) is 36.7. The van der Waals surface area contributed by atoms with E-state index in [2.05, 4.69) is 10.6 Å². The van der Waals surface area contributed by atoms with Gasteiger partial charge in [0.15, 0.2) is 17.3 Å². The summed E-state index contributed by atoms with van der Waals surface area (Å²) in [4.78, 5) is 85.0. The first-order valence-corrected chi connectivity index (χ1v) is 16.4. The minimum atomic E-state index is -4.71. The Morgan fingerprint density at radius 3 is 2.38 bits per heavy atom. The highest BCUT2D eigenvalue weighted by Crippen LogP contribution is 2.39. The number of carboxylic acid groups (broad SMARTS) is 1. The van der Waals surface area contributed by atoms with Crippen molar-refractivity contribution in [3.8, 4) is 17.2 Å². The number of piperazine rings is 1. The Balaban J connectivity index is 1.35. The van der Waals surface area contributed by atoms with Crippen LogP contribution in [0.1, 0.15) is 33.1 Å². The first kappa shape index (κ1) is 36.1. The fourth-order valence-electron chi connectivity index (χ4n) is 5.34. The molecule has 0 unspecified atom stereocenters. The summed E-state index contributed by atoms with van der Waals surface area (Å²) in [6.07, 6.45) is -0.108. The van der Waals surface area contributed by atoms with Gasteiger partial charge < -0.3 is 50.3 Å². The number of fused-ring (bicyclic) bond motifs is 1. The summed E-state index contributed by atoms with van der Waals surface area (Å²) >= 11 is 5.95. The molecular weight excluding hydrogens is 709 g/mol. The number of urea groups is 1. The van der Waals surface area contributed by atoms with Gasteiger partial charge in [-0.3, -0.25) is 23.8 Å². The fourth-order valence-corrected chi connectivity index (χ4v) is 6.08. The number of hydrogen-bond donors (Lipinski definition) is 8. The molecule has 0 radical (unpaired) electrons. The summed E-state index contributed by atoms with van der Waals surface area (Å²) < 4.78 is 31.1. The smallest absolute Gasteiger partial charge is 0.534 e. The Labute approximate surface area is 286 Å². The fraction of sp³-hybridized carbons (Fsp3) is 0.207. The van der Waals surface area contributed by atoms with Crippen molar-refractivity contribution in [3.63, 3.8) is 0 Å². The minimum absolute atomic E-state index is 0.0333. The molecule has 0 saturated carbocycles. The van der Waals surface area contributed by atoms with Crippen molar-refractivity contribution in [2.45, 2.75) is 24.9 Å². The molecule has 5 rings (SSSR count). The van der Waals surface area contributed by atoms with E-state index in [-0.39, 0.29) is 35.4 Å². The van der Waals surface area contributed by atoms with Crippen LogP contribution in [0.25, 0.3) is 0 Å². The van der Waals surface area contributed by atoms with Crippen LogP contribution in [0.3, 0.4) is 0 Å². The lowest BCUT2D eigenvalue weighted by Crippen LogP contribution is -2.60. The van der Waals surface area contributed by atoms with Gasteiger partial charge in [0.1, 0.15) is 11.8 Å². The molecule has 5 amide bonds. The molecular formula is C29H26BClFN4O13P. The molecule has 1 fully saturated rings. The Morgan fingerprint density at radius 2 is 1.74 bits per heavy atom. The van der Waals surface area contributed by atoms with Gasteiger partial charge in [-0.05, 0) is 47.4 Å². The molecule has 0 bridgehead atoms. The zero-order valence-corrected chi connectivity index (χ0v) is 27.0. The predicted molar refractivity (Wildman–Crippen MR) is 169 cm³/mol. The van der Waals surface area contributed by atoms with Crippen LogP contribution in [-0.4, -0.2) is 95.8 Å². The number of para-hydroxylation sites is 1. The maximum atomic E-state index is 14.0. The third kappa shape index (κ3) is 7.22. The van der Waals surface area contributed by atoms with Crippen molar-refractivity contribution >= 4 is 61.3 Å². The minimum Gasteiger partial charge on any atom is -0.534 e. The number of phenolic OH excluding ortho intramolecular Hbond substituents is 2. The second-order valence-electron chi connectivity index (χ2n) is 11.2. The molecule has 8 N–H and O–H groups in total. The van der Waals surface area contributed by atoms with Crippen LogP contribution in [-0.2, 0) is 31.9 Å². The predicted octanol–water partition coefficient (Wildman–Crippen LogP) is 0.153. The zero-order valence-electron chi connectivity index (χ0n) is 25.3. The maximum Gasteiger partial charge on any atom is 0.547 e. The summed E-state index contributed by atoms with van der Waals surface area (Å²) in [6.45, 7) is -1.21. The molecule has 3 aromatic rings. The normalized spacial score (nSPS) is 16.7. The third-order valence-corrected chi connectivity index (χ3v) is 9.32. The highest BCUT2D eigenvalue weighted by Gasteiger charge is 2.41. The van der Waals surface area contributed by atoms with Crippen LogP contribution in [0.15, 0.2) is 48.5 Å². The van der Waals surface area contributed by atoms with Crippen molar-refractivity contribution in [1.82, 2.24) is 20.4 Å². The number of halogens is 2. The molecule has 2 heterocycles. The van der Waals surface area contributed by atoms with Crippen molar-refractivity contribution in [3.05, 3.63) is 81.6 Å². The van der Waals surface area contributed by atoms with E-state index in [0.29, 0.717) is 10.5 Å². The number of nitrogens with one attached hydrogen (secondary N) is 2. The molecule has 3 aromatic carbocycles. The van der Waals surface area contributed by atoms with E-state index in [1.165, 1.54) is 18.2 Å². The quantitative estimate of drug-likeness (QED) is 0.0664. The van der Waals surface area contributed by atoms with Crippen LogP contribution < -0.4 is 20.6 Å². The lowest BCUT2D eigenvalue weighted by atomic mass is 9.72. The van der Waals surface area contributed by atoms with E-state index in [1.807, 2.05) is 0 Å². The van der Waals surface area contributed by atoms with Gasteiger partial charge in [-0.2, -0.15) is 0 Å². The van der Waals surface area contributed by atoms with Gasteiger partial charge in [-0.1, -0.05) is 35.9 Å². The summed E-state index contributed by atoms with van der Waals surface area (Å²) in [5.74, 6) is -9.51. The molecule has 262 valence electrons. The first-order chi connectivity index (χ1) is 23.5. The highest BCUT2D eigenvalue weighted by molar-refractivity contribution is 7.60. The van der Waals surface area contributed by atoms with E-state index < -0.39 is 97.2 Å². The number of aromatic hydroxyl groups is 2. The molecule has 2 atom stereocenters. The van der Waals surface area contributed by atoms with Gasteiger partial charge in [0, 0.05) is 19.6 Å². The summed E-state index contributed by atoms with van der Waals surface area (Å²) in [7, 11) is -6.45. The molecule has 0 spiro atoms. The average molecular weight is 735 g/mol. The maximum absolute atomic E-state index is 14.0. The molecule has 17 nitrogen and oxygen atoms in total. The lowest BCUT2D eigenvalue weighted by Gasteiger charge is -2.34. The number of aromatic carboxylic acids is 1. The number of nitrogens with zero attached hydrogens (tertiary/aromatic N) is 2. The number of carbonyl (C=O) groups is 5. The van der Waals surface area contributed by atoms with Crippen LogP contribution in [0.2, 0.25) is 5.02 Å². The van der Waals surface area contributed by atoms with Gasteiger partial charge in [0.05, 0.1) is 21.8 Å². The number of imide groups is 1. The molecule has 50 heavy (non-hydrogen) atoms. The first-order valence-electron chi connectivity index (χ1n) is 14.4. The SMILES string of the molecule is O=C(O)c1cccc2c1OB(O)[C@@H](NC(=O)[C@H](NC(=O)N1CCN(Cc3cc(F)c(O)c(O)c3Cl)C(=O)C1=O)c1ccc(P(=O)(O)O)cc1)C2. The summed E-state index contributed by atoms with van der Waals surface area (Å²) in [5, 5.41) is 43.4. The van der Waals surface area contributed by atoms with E-state index >= 15 is 0 Å². The highest BCUT2D eigenvalue weighted by atomic mass is 35.5. The molecule has 0 aromatic heterocycles. The second-order valence-corrected chi connectivity index (χ2v) is 13.1. The van der Waals surface area contributed by atoms with Crippen LogP contribution in [0.4, 0.5) is 9.18 Å². The number of carbonyl (C=O) groups excluding carboxylic acids is 4. The van der Waals surface area contributed by atoms with Crippen LogP contribution in [0, 0.1) is 5.82 Å². The van der Waals surface area contributed by atoms with E-state index in [9.17, 15) is 63.1 Å². The number of rotatable bonds is 8. The summed E-state index contributed by atoms with van der Waals surface area (Å²) in [5.41, 5.74) is -0.0725. The third-order valence-electron chi connectivity index (χ3n) is 7.93. The Hall–Kier alpha value is -5.20. The Bertz CT molecular complexity index is 1960. The average Bonchev–Trinajstić information content (AvgIpc) is 3.06. The van der Waals surface area contributed by atoms with Crippen molar-refractivity contribution in [1.29, 1.82) is 0 Å². The monoisotopic (exact) mass is 734 g/mol. The van der Waals surface area contributed by atoms with E-state index in [4.69, 9.17) is 16.3 Å². The van der Waals surface area contributed by atoms with Crippen LogP contribution in [0.5, 0.6) is 17.2 Å². The Morgan fingerprint density at radius 1 is 1.06 bits per heavy atom. The molecule has 1 saturated heterocycles. The van der Waals surface area contributed by atoms with Gasteiger partial charge in [0.2, 0.25) is 5.91 Å². The number of amides is 5. The van der Waals surface area contributed by atoms with Crippen molar-refractivity contribution in [2.24, 2.45) is 0 Å². The van der Waals surface area contributed by atoms with Gasteiger partial charge in [0.25, 0.3) is 0 Å². The van der Waals surface area contributed by atoms with Gasteiger partial charge >= 0.3 is 38.5 Å². The number of phenols is 2. The van der Waals surface area contributed by atoms with Crippen molar-refractivity contribution in [2.75, 3.05) is 13.1 Å². The number of benzene rings is 3. The van der Waals surface area contributed by atoms with Crippen molar-refractivity contribution < 1.29 is 67.7 Å². The van der Waals surface area contributed by atoms with Crippen LogP contribution >= 0.6 is 19.2 Å². The molecule has 2 aliphatic rings. The summed E-state index contributed by atoms with van der Waals surface area (Å²) in [6, 6.07) is 6.33. The largest absolute Gasteiger partial charge is 0.547 e. The van der Waals surface area contributed by atoms with E-state index in [0.717, 1.165) is 35.2 Å². The molecule has 0 aliphatic carbocycles. The second kappa shape index (κ2) is 14.0. The van der Waals surface area contributed by atoms with Gasteiger partial charge in [-0.15, -0.1) is 0 Å². The topological polar surface area (TPSA) is 264 Å². The lowest BCUT2D eigenvalue weighted by molar-refractivity contribution is -0.154. The molecule has 2 aliphatic heterocycles.